The van der Waals surface area contributed by atoms with Gasteiger partial charge >= 0.3 is 0 Å². The first-order valence-electron chi connectivity index (χ1n) is 4.22. The molecule has 0 aliphatic carbocycles. The predicted molar refractivity (Wildman–Crippen MR) is 49.7 cm³/mol. The summed E-state index contributed by atoms with van der Waals surface area (Å²) in [7, 11) is 0. The second kappa shape index (κ2) is 3.04. The van der Waals surface area contributed by atoms with Crippen LogP contribution in [0.3, 0.4) is 0 Å². The summed E-state index contributed by atoms with van der Waals surface area (Å²) in [6, 6.07) is 1.89. The summed E-state index contributed by atoms with van der Waals surface area (Å²) in [4.78, 5) is 8.26. The number of hydrogen-bond acceptors (Lipinski definition) is 3. The van der Waals surface area contributed by atoms with Crippen LogP contribution in [0, 0.1) is 5.92 Å². The Morgan fingerprint density at radius 3 is 3.08 bits per heavy atom. The van der Waals surface area contributed by atoms with Gasteiger partial charge < -0.3 is 4.42 Å². The van der Waals surface area contributed by atoms with E-state index in [1.807, 2.05) is 6.07 Å². The van der Waals surface area contributed by atoms with Crippen LogP contribution in [-0.2, 0) is 0 Å². The summed E-state index contributed by atoms with van der Waals surface area (Å²) in [5, 5.41) is 0.969. The van der Waals surface area contributed by atoms with Crippen LogP contribution in [0.1, 0.15) is 13.8 Å². The molecule has 1 aromatic heterocycles. The number of aliphatic imine (C=N–C) groups is 1. The zero-order valence-electron chi connectivity index (χ0n) is 7.61. The molecule has 0 aromatic carbocycles. The lowest BCUT2D eigenvalue weighted by Crippen LogP contribution is -2.23. The lowest BCUT2D eigenvalue weighted by atomic mass is 10.1. The molecule has 1 aromatic rings. The summed E-state index contributed by atoms with van der Waals surface area (Å²) < 4.78 is 5.20. The van der Waals surface area contributed by atoms with Crippen LogP contribution in [0.15, 0.2) is 32.9 Å². The average molecular weight is 174 g/mol. The maximum absolute atomic E-state index is 5.20. The molecule has 1 aliphatic rings. The first kappa shape index (κ1) is 8.02. The number of fused-ring (bicyclic) bond motifs is 1. The predicted octanol–water partition coefficient (Wildman–Crippen LogP) is 0.860. The van der Waals surface area contributed by atoms with Crippen LogP contribution >= 0.6 is 0 Å². The summed E-state index contributed by atoms with van der Waals surface area (Å²) in [5.41, 5.74) is 1.60. The van der Waals surface area contributed by atoms with Gasteiger partial charge in [-0.1, -0.05) is 13.8 Å². The summed E-state index contributed by atoms with van der Waals surface area (Å²) >= 11 is 0. The van der Waals surface area contributed by atoms with E-state index >= 15 is 0 Å². The van der Waals surface area contributed by atoms with Crippen molar-refractivity contribution < 1.29 is 4.42 Å². The van der Waals surface area contributed by atoms with Gasteiger partial charge in [0.2, 0.25) is 5.55 Å². The largest absolute Gasteiger partial charge is 0.446 e. The Kier molecular flexibility index (Phi) is 1.87. The van der Waals surface area contributed by atoms with Crippen LogP contribution in [0.25, 0.3) is 5.70 Å². The molecule has 0 saturated carbocycles. The van der Waals surface area contributed by atoms with Crippen molar-refractivity contribution in [3.63, 3.8) is 0 Å². The van der Waals surface area contributed by atoms with Crippen molar-refractivity contribution in [2.45, 2.75) is 13.8 Å². The second-order valence-electron chi connectivity index (χ2n) is 3.18. The van der Waals surface area contributed by atoms with Crippen molar-refractivity contribution in [1.82, 2.24) is 0 Å². The fourth-order valence-electron chi connectivity index (χ4n) is 1.28. The zero-order chi connectivity index (χ0) is 9.26. The third-order valence-electron chi connectivity index (χ3n) is 1.89. The Hall–Kier alpha value is -1.60. The number of nitrogens with zero attached hydrogens (tertiary/aromatic N) is 2. The highest BCUT2D eigenvalue weighted by atomic mass is 16.3. The van der Waals surface area contributed by atoms with Crippen molar-refractivity contribution in [3.05, 3.63) is 29.3 Å². The van der Waals surface area contributed by atoms with E-state index in [2.05, 4.69) is 29.7 Å². The maximum atomic E-state index is 5.20. The highest BCUT2D eigenvalue weighted by Crippen LogP contribution is 2.09. The first-order chi connectivity index (χ1) is 6.29. The minimum Gasteiger partial charge on any atom is -0.446 e. The molecule has 0 saturated heterocycles. The molecule has 0 fully saturated rings. The molecule has 0 radical (unpaired) electrons. The van der Waals surface area contributed by atoms with Crippen molar-refractivity contribution in [1.29, 1.82) is 0 Å². The van der Waals surface area contributed by atoms with Gasteiger partial charge in [-0.15, -0.1) is 0 Å². The fraction of sp³-hybridized carbons (Fsp3) is 0.300. The molecule has 2 heterocycles. The standard InChI is InChI=1S/C10H10N2O/c1-7(2)9-8-3-6-13-10(8)12-5-4-11-9/h3,5-7H,1-2H3. The highest BCUT2D eigenvalue weighted by molar-refractivity contribution is 5.62. The number of rotatable bonds is 1. The zero-order valence-corrected chi connectivity index (χ0v) is 7.61. The van der Waals surface area contributed by atoms with Gasteiger partial charge in [-0.2, -0.15) is 0 Å². The van der Waals surface area contributed by atoms with E-state index < -0.39 is 0 Å². The second-order valence-corrected chi connectivity index (χ2v) is 3.18. The molecule has 3 heteroatoms. The lowest BCUT2D eigenvalue weighted by molar-refractivity contribution is 0.511. The smallest absolute Gasteiger partial charge is 0.228 e. The molecule has 0 amide bonds. The van der Waals surface area contributed by atoms with Crippen molar-refractivity contribution in [2.24, 2.45) is 15.9 Å². The van der Waals surface area contributed by atoms with E-state index in [0.29, 0.717) is 11.5 Å². The first-order valence-corrected chi connectivity index (χ1v) is 4.22. The molecule has 0 spiro atoms. The van der Waals surface area contributed by atoms with Gasteiger partial charge in [0.15, 0.2) is 0 Å². The van der Waals surface area contributed by atoms with Gasteiger partial charge in [0.25, 0.3) is 0 Å². The van der Waals surface area contributed by atoms with Gasteiger partial charge in [0.1, 0.15) is 0 Å². The Labute approximate surface area is 75.8 Å². The minimum absolute atomic E-state index is 0.352. The Bertz CT molecular complexity index is 487. The molecular formula is C10H10N2O. The molecule has 3 nitrogen and oxygen atoms in total. The van der Waals surface area contributed by atoms with Gasteiger partial charge in [-0.05, 0) is 12.0 Å². The molecule has 13 heavy (non-hydrogen) atoms. The van der Waals surface area contributed by atoms with E-state index in [1.54, 1.807) is 6.26 Å². The van der Waals surface area contributed by atoms with Gasteiger partial charge in [0.05, 0.1) is 23.4 Å². The molecule has 1 aliphatic heterocycles. The van der Waals surface area contributed by atoms with Crippen LogP contribution in [0.4, 0.5) is 0 Å². The van der Waals surface area contributed by atoms with Gasteiger partial charge in [0, 0.05) is 5.87 Å². The molecule has 0 bridgehead atoms. The Balaban J connectivity index is 2.85. The Morgan fingerprint density at radius 1 is 1.46 bits per heavy atom. The van der Waals surface area contributed by atoms with E-state index in [-0.39, 0.29) is 0 Å². The fourth-order valence-corrected chi connectivity index (χ4v) is 1.28. The maximum Gasteiger partial charge on any atom is 0.228 e. The molecular weight excluding hydrogens is 164 g/mol. The molecule has 0 unspecified atom stereocenters. The van der Waals surface area contributed by atoms with E-state index in [4.69, 9.17) is 4.42 Å². The van der Waals surface area contributed by atoms with Crippen molar-refractivity contribution >= 4 is 11.6 Å². The normalized spacial score (nSPS) is 14.2. The topological polar surface area (TPSA) is 37.9 Å². The van der Waals surface area contributed by atoms with E-state index in [0.717, 1.165) is 10.9 Å². The number of hydrogen-bond donors (Lipinski definition) is 0. The monoisotopic (exact) mass is 174 g/mol. The summed E-state index contributed by atoms with van der Waals surface area (Å²) in [6.45, 7) is 4.17. The van der Waals surface area contributed by atoms with Crippen LogP contribution in [0.5, 0.6) is 0 Å². The quantitative estimate of drug-likeness (QED) is 0.622. The average Bonchev–Trinajstić information content (AvgIpc) is 2.44. The van der Waals surface area contributed by atoms with Crippen LogP contribution in [-0.4, -0.2) is 5.87 Å². The lowest BCUT2D eigenvalue weighted by Gasteiger charge is -2.00. The molecule has 0 N–H and O–H groups in total. The Morgan fingerprint density at radius 2 is 2.31 bits per heavy atom. The summed E-state index contributed by atoms with van der Waals surface area (Å²) in [5.74, 6) is 3.10. The molecule has 0 atom stereocenters. The highest BCUT2D eigenvalue weighted by Gasteiger charge is 2.06. The molecule has 66 valence electrons. The van der Waals surface area contributed by atoms with Crippen LogP contribution < -0.4 is 10.8 Å². The van der Waals surface area contributed by atoms with Crippen LogP contribution in [0.2, 0.25) is 0 Å². The van der Waals surface area contributed by atoms with Gasteiger partial charge in [-0.25, -0.2) is 9.98 Å². The third-order valence-corrected chi connectivity index (χ3v) is 1.89. The van der Waals surface area contributed by atoms with Crippen molar-refractivity contribution in [2.75, 3.05) is 0 Å². The van der Waals surface area contributed by atoms with Gasteiger partial charge in [-0.3, -0.25) is 0 Å². The third kappa shape index (κ3) is 1.34. The van der Waals surface area contributed by atoms with E-state index in [9.17, 15) is 0 Å². The number of furan rings is 1. The van der Waals surface area contributed by atoms with Crippen molar-refractivity contribution in [3.8, 4) is 0 Å². The molecule has 2 rings (SSSR count). The SMILES string of the molecule is CC(C)C1=c2ccoc2=NC=C=N1. The minimum atomic E-state index is 0.352. The van der Waals surface area contributed by atoms with E-state index in [1.165, 1.54) is 6.20 Å². The summed E-state index contributed by atoms with van der Waals surface area (Å²) in [6.07, 6.45) is 3.16.